The Bertz CT molecular complexity index is 725. The lowest BCUT2D eigenvalue weighted by Gasteiger charge is -2.29. The van der Waals surface area contributed by atoms with Crippen molar-refractivity contribution in [3.63, 3.8) is 0 Å². The Kier molecular flexibility index (Phi) is 7.99. The number of carbonyl (C=O) groups excluding carboxylic acids is 2. The zero-order chi connectivity index (χ0) is 21.3. The molecule has 2 N–H and O–H groups in total. The number of aliphatic hydroxyl groups is 2. The van der Waals surface area contributed by atoms with Gasteiger partial charge >= 0.3 is 11.9 Å². The van der Waals surface area contributed by atoms with Crippen molar-refractivity contribution < 1.29 is 29.3 Å². The van der Waals surface area contributed by atoms with Gasteiger partial charge in [0.1, 0.15) is 13.2 Å². The maximum absolute atomic E-state index is 11.4. The van der Waals surface area contributed by atoms with Crippen molar-refractivity contribution in [3.05, 3.63) is 71.8 Å². The molecular formula is C24H28O6. The van der Waals surface area contributed by atoms with E-state index < -0.39 is 0 Å². The van der Waals surface area contributed by atoms with Crippen molar-refractivity contribution in [2.45, 2.75) is 51.1 Å². The van der Waals surface area contributed by atoms with Crippen LogP contribution in [0.4, 0.5) is 0 Å². The minimum absolute atomic E-state index is 0.0938. The standard InChI is InChI=1S/2C12H14O3/c2*13-11-6-10(7-11)12(14)15-8-9-4-2-1-3-5-9/h2*1-5,10-11,13H,6-8H2. The Morgan fingerprint density at radius 2 is 1.00 bits per heavy atom. The molecule has 0 aromatic heterocycles. The maximum Gasteiger partial charge on any atom is 0.309 e. The SMILES string of the molecule is O=C(OCc1ccccc1)C1CC(O)C1.O=C(OCc1ccccc1)C1CC(O)C1. The number of benzene rings is 2. The fraction of sp³-hybridized carbons (Fsp3) is 0.417. The zero-order valence-corrected chi connectivity index (χ0v) is 16.9. The second kappa shape index (κ2) is 10.9. The number of carbonyl (C=O) groups is 2. The summed E-state index contributed by atoms with van der Waals surface area (Å²) in [5, 5.41) is 18.1. The van der Waals surface area contributed by atoms with E-state index in [1.54, 1.807) is 0 Å². The predicted octanol–water partition coefficient (Wildman–Crippen LogP) is 3.00. The average molecular weight is 412 g/mol. The third-order valence-corrected chi connectivity index (χ3v) is 5.34. The van der Waals surface area contributed by atoms with E-state index in [0.29, 0.717) is 38.9 Å². The molecule has 0 atom stereocenters. The van der Waals surface area contributed by atoms with Gasteiger partial charge in [-0.15, -0.1) is 0 Å². The molecule has 2 aliphatic carbocycles. The fourth-order valence-corrected chi connectivity index (χ4v) is 3.25. The van der Waals surface area contributed by atoms with E-state index in [0.717, 1.165) is 11.1 Å². The highest BCUT2D eigenvalue weighted by Gasteiger charge is 2.35. The average Bonchev–Trinajstić information content (AvgIpc) is 2.73. The molecule has 0 aliphatic heterocycles. The van der Waals surface area contributed by atoms with Gasteiger partial charge in [0.2, 0.25) is 0 Å². The third kappa shape index (κ3) is 6.68. The Morgan fingerprint density at radius 3 is 1.30 bits per heavy atom. The molecule has 0 unspecified atom stereocenters. The van der Waals surface area contributed by atoms with Crippen molar-refractivity contribution in [1.29, 1.82) is 0 Å². The normalized spacial score (nSPS) is 24.3. The molecule has 4 rings (SSSR count). The molecule has 0 spiro atoms. The number of aliphatic hydroxyl groups excluding tert-OH is 2. The number of rotatable bonds is 6. The molecule has 6 nitrogen and oxygen atoms in total. The van der Waals surface area contributed by atoms with Gasteiger partial charge in [0.05, 0.1) is 24.0 Å². The molecule has 2 aromatic carbocycles. The maximum atomic E-state index is 11.4. The molecule has 160 valence electrons. The van der Waals surface area contributed by atoms with Crippen LogP contribution in [-0.2, 0) is 32.3 Å². The minimum atomic E-state index is -0.306. The molecule has 6 heteroatoms. The van der Waals surface area contributed by atoms with Gasteiger partial charge in [-0.3, -0.25) is 9.59 Å². The smallest absolute Gasteiger partial charge is 0.309 e. The Hall–Kier alpha value is -2.70. The lowest BCUT2D eigenvalue weighted by Crippen LogP contribution is -2.35. The largest absolute Gasteiger partial charge is 0.461 e. The number of hydrogen-bond acceptors (Lipinski definition) is 6. The molecule has 2 fully saturated rings. The van der Waals surface area contributed by atoms with Crippen LogP contribution in [0.3, 0.4) is 0 Å². The first-order valence-corrected chi connectivity index (χ1v) is 10.3. The highest BCUT2D eigenvalue weighted by atomic mass is 16.5. The molecule has 0 radical (unpaired) electrons. The van der Waals surface area contributed by atoms with Gasteiger partial charge < -0.3 is 19.7 Å². The molecular weight excluding hydrogens is 384 g/mol. The van der Waals surface area contributed by atoms with Crippen LogP contribution in [0.1, 0.15) is 36.8 Å². The number of esters is 2. The first kappa shape index (κ1) is 22.0. The fourth-order valence-electron chi connectivity index (χ4n) is 3.25. The van der Waals surface area contributed by atoms with E-state index in [1.165, 1.54) is 0 Å². The van der Waals surface area contributed by atoms with Crippen molar-refractivity contribution in [2.75, 3.05) is 0 Å². The lowest BCUT2D eigenvalue weighted by atomic mass is 9.83. The molecule has 0 saturated heterocycles. The van der Waals surface area contributed by atoms with Crippen LogP contribution in [0.25, 0.3) is 0 Å². The second-order valence-corrected chi connectivity index (χ2v) is 7.83. The summed E-state index contributed by atoms with van der Waals surface area (Å²) >= 11 is 0. The predicted molar refractivity (Wildman–Crippen MR) is 110 cm³/mol. The van der Waals surface area contributed by atoms with Gasteiger partial charge in [-0.25, -0.2) is 0 Å². The molecule has 2 saturated carbocycles. The first-order valence-electron chi connectivity index (χ1n) is 10.3. The Morgan fingerprint density at radius 1 is 0.667 bits per heavy atom. The van der Waals surface area contributed by atoms with Crippen LogP contribution >= 0.6 is 0 Å². The molecule has 0 amide bonds. The third-order valence-electron chi connectivity index (χ3n) is 5.34. The van der Waals surface area contributed by atoms with Crippen LogP contribution in [-0.4, -0.2) is 34.4 Å². The van der Waals surface area contributed by atoms with Gasteiger partial charge in [-0.05, 0) is 36.8 Å². The topological polar surface area (TPSA) is 93.1 Å². The van der Waals surface area contributed by atoms with E-state index in [1.807, 2.05) is 60.7 Å². The van der Waals surface area contributed by atoms with E-state index in [4.69, 9.17) is 19.7 Å². The Labute approximate surface area is 176 Å². The van der Waals surface area contributed by atoms with E-state index in [-0.39, 0.29) is 36.0 Å². The molecule has 0 heterocycles. The van der Waals surface area contributed by atoms with E-state index in [2.05, 4.69) is 0 Å². The van der Waals surface area contributed by atoms with Crippen molar-refractivity contribution in [1.82, 2.24) is 0 Å². The quantitative estimate of drug-likeness (QED) is 0.709. The minimum Gasteiger partial charge on any atom is -0.461 e. The summed E-state index contributed by atoms with van der Waals surface area (Å²) in [4.78, 5) is 22.8. The highest BCUT2D eigenvalue weighted by Crippen LogP contribution is 2.29. The van der Waals surface area contributed by atoms with Crippen LogP contribution in [0, 0.1) is 11.8 Å². The van der Waals surface area contributed by atoms with Gasteiger partial charge in [0, 0.05) is 0 Å². The highest BCUT2D eigenvalue weighted by molar-refractivity contribution is 5.74. The van der Waals surface area contributed by atoms with Crippen LogP contribution in [0.2, 0.25) is 0 Å². The molecule has 2 aliphatic rings. The first-order chi connectivity index (χ1) is 14.5. The monoisotopic (exact) mass is 412 g/mol. The summed E-state index contributed by atoms with van der Waals surface area (Å²) < 4.78 is 10.3. The molecule has 2 aromatic rings. The summed E-state index contributed by atoms with van der Waals surface area (Å²) in [6.45, 7) is 0.651. The second-order valence-electron chi connectivity index (χ2n) is 7.83. The summed E-state index contributed by atoms with van der Waals surface area (Å²) in [6, 6.07) is 19.2. The van der Waals surface area contributed by atoms with Gasteiger partial charge in [0.15, 0.2) is 0 Å². The van der Waals surface area contributed by atoms with Crippen molar-refractivity contribution >= 4 is 11.9 Å². The lowest BCUT2D eigenvalue weighted by molar-refractivity contribution is -0.157. The summed E-state index contributed by atoms with van der Waals surface area (Å²) in [5.74, 6) is -0.569. The van der Waals surface area contributed by atoms with Crippen molar-refractivity contribution in [2.24, 2.45) is 11.8 Å². The summed E-state index contributed by atoms with van der Waals surface area (Å²) in [5.41, 5.74) is 1.98. The van der Waals surface area contributed by atoms with Gasteiger partial charge in [-0.2, -0.15) is 0 Å². The Balaban J connectivity index is 0.000000171. The van der Waals surface area contributed by atoms with Crippen molar-refractivity contribution in [3.8, 4) is 0 Å². The van der Waals surface area contributed by atoms with E-state index in [9.17, 15) is 9.59 Å². The summed E-state index contributed by atoms with van der Waals surface area (Å²) in [6.07, 6.45) is 1.58. The summed E-state index contributed by atoms with van der Waals surface area (Å²) in [7, 11) is 0. The molecule has 0 bridgehead atoms. The van der Waals surface area contributed by atoms with Gasteiger partial charge in [0.25, 0.3) is 0 Å². The van der Waals surface area contributed by atoms with E-state index >= 15 is 0 Å². The number of ether oxygens (including phenoxy) is 2. The number of hydrogen-bond donors (Lipinski definition) is 2. The van der Waals surface area contributed by atoms with Crippen LogP contribution in [0.15, 0.2) is 60.7 Å². The van der Waals surface area contributed by atoms with Gasteiger partial charge in [-0.1, -0.05) is 60.7 Å². The van der Waals surface area contributed by atoms with Crippen LogP contribution in [0.5, 0.6) is 0 Å². The zero-order valence-electron chi connectivity index (χ0n) is 16.9. The van der Waals surface area contributed by atoms with Crippen LogP contribution < -0.4 is 0 Å². The molecule has 30 heavy (non-hydrogen) atoms.